The molecule has 2 fully saturated rings. The Hall–Kier alpha value is -6.17. The molecule has 56 heavy (non-hydrogen) atoms. The molecule has 4 atom stereocenters. The Labute approximate surface area is 326 Å². The van der Waals surface area contributed by atoms with Gasteiger partial charge in [0.25, 0.3) is 0 Å². The average Bonchev–Trinajstić information content (AvgIpc) is 4.04. The van der Waals surface area contributed by atoms with E-state index in [9.17, 15) is 24.4 Å². The fourth-order valence-corrected chi connectivity index (χ4v) is 7.58. The molecule has 15 nitrogen and oxygen atoms in total. The van der Waals surface area contributed by atoms with Gasteiger partial charge in [0.15, 0.2) is 0 Å². The molecule has 0 spiro atoms. The van der Waals surface area contributed by atoms with E-state index in [1.54, 1.807) is 22.2 Å². The van der Waals surface area contributed by atoms with Crippen molar-refractivity contribution >= 4 is 24.0 Å². The van der Waals surface area contributed by atoms with Gasteiger partial charge in [-0.15, -0.1) is 0 Å². The molecular weight excluding hydrogens is 715 g/mol. The summed E-state index contributed by atoms with van der Waals surface area (Å²) in [5.41, 5.74) is 5.35. The Morgan fingerprint density at radius 3 is 1.62 bits per heavy atom. The molecule has 4 aromatic rings. The van der Waals surface area contributed by atoms with Gasteiger partial charge >= 0.3 is 12.2 Å². The zero-order valence-electron chi connectivity index (χ0n) is 32.6. The number of hydrogen-bond acceptors (Lipinski definition) is 9. The van der Waals surface area contributed by atoms with Crippen LogP contribution in [0, 0.1) is 23.2 Å². The van der Waals surface area contributed by atoms with Crippen LogP contribution in [0.1, 0.15) is 82.7 Å². The van der Waals surface area contributed by atoms with Crippen molar-refractivity contribution in [1.82, 2.24) is 40.4 Å². The maximum Gasteiger partial charge on any atom is 0.407 e. The number of aromatic amines is 2. The molecule has 2 aliphatic heterocycles. The number of benzene rings is 2. The summed E-state index contributed by atoms with van der Waals surface area (Å²) in [7, 11) is 2.55. The number of carbonyl (C=O) groups is 4. The quantitative estimate of drug-likeness (QED) is 0.140. The van der Waals surface area contributed by atoms with E-state index in [4.69, 9.17) is 9.47 Å². The van der Waals surface area contributed by atoms with E-state index in [1.165, 1.54) is 14.2 Å². The van der Waals surface area contributed by atoms with Gasteiger partial charge in [0.05, 0.1) is 61.7 Å². The third-order valence-electron chi connectivity index (χ3n) is 10.6. The van der Waals surface area contributed by atoms with Crippen molar-refractivity contribution in [3.8, 4) is 39.7 Å². The molecule has 0 unspecified atom stereocenters. The molecule has 0 bridgehead atoms. The number of ether oxygens (including phenoxy) is 2. The molecule has 0 aliphatic carbocycles. The van der Waals surface area contributed by atoms with Crippen molar-refractivity contribution < 1.29 is 28.7 Å². The second-order valence-corrected chi connectivity index (χ2v) is 14.9. The van der Waals surface area contributed by atoms with Crippen molar-refractivity contribution in [3.63, 3.8) is 0 Å². The maximum absolute atomic E-state index is 13.6. The SMILES string of the molecule is COC(=O)N[C@H](C(=O)N1CCC[C@H]1c1ncc(-c2ccc(-c3ccc(-c4cnc([C@@H]5CCCN5C(=O)[C@@H](NC(=O)OC)C(C)C)[nH]4)cc3C#N)cc2)[nH]1)C(C)C. The number of carbonyl (C=O) groups excluding carboxylic acids is 4. The molecule has 294 valence electrons. The predicted molar refractivity (Wildman–Crippen MR) is 207 cm³/mol. The number of likely N-dealkylation sites (tertiary alicyclic amines) is 2. The summed E-state index contributed by atoms with van der Waals surface area (Å²) in [6.07, 6.45) is 5.29. The molecule has 2 aromatic heterocycles. The van der Waals surface area contributed by atoms with Crippen LogP contribution >= 0.6 is 0 Å². The van der Waals surface area contributed by atoms with Crippen LogP contribution in [0.5, 0.6) is 0 Å². The Bertz CT molecular complexity index is 2100. The number of alkyl carbamates (subject to hydrolysis) is 2. The van der Waals surface area contributed by atoms with E-state index >= 15 is 0 Å². The number of hydrogen-bond donors (Lipinski definition) is 4. The number of nitrogens with zero attached hydrogens (tertiary/aromatic N) is 5. The summed E-state index contributed by atoms with van der Waals surface area (Å²) < 4.78 is 9.49. The van der Waals surface area contributed by atoms with Gasteiger partial charge in [-0.25, -0.2) is 19.6 Å². The van der Waals surface area contributed by atoms with Crippen LogP contribution in [0.3, 0.4) is 0 Å². The molecule has 2 aliphatic rings. The van der Waals surface area contributed by atoms with Gasteiger partial charge in [-0.2, -0.15) is 5.26 Å². The molecule has 4 heterocycles. The average molecular weight is 764 g/mol. The van der Waals surface area contributed by atoms with E-state index in [0.717, 1.165) is 59.3 Å². The summed E-state index contributed by atoms with van der Waals surface area (Å²) in [4.78, 5) is 70.6. The highest BCUT2D eigenvalue weighted by Gasteiger charge is 2.39. The van der Waals surface area contributed by atoms with Crippen molar-refractivity contribution in [2.45, 2.75) is 77.5 Å². The molecule has 2 saturated heterocycles. The van der Waals surface area contributed by atoms with E-state index in [-0.39, 0.29) is 35.7 Å². The lowest BCUT2D eigenvalue weighted by atomic mass is 9.96. The van der Waals surface area contributed by atoms with Gasteiger partial charge in [-0.1, -0.05) is 64.1 Å². The van der Waals surface area contributed by atoms with Crippen molar-refractivity contribution in [2.75, 3.05) is 27.3 Å². The molecule has 6 rings (SSSR count). The molecule has 15 heteroatoms. The first-order valence-corrected chi connectivity index (χ1v) is 19.0. The smallest absolute Gasteiger partial charge is 0.407 e. The minimum absolute atomic E-state index is 0.126. The third-order valence-corrected chi connectivity index (χ3v) is 10.6. The van der Waals surface area contributed by atoms with Gasteiger partial charge in [0.1, 0.15) is 23.7 Å². The third kappa shape index (κ3) is 8.24. The maximum atomic E-state index is 13.6. The van der Waals surface area contributed by atoms with Crippen molar-refractivity contribution in [2.24, 2.45) is 11.8 Å². The van der Waals surface area contributed by atoms with Crippen LogP contribution in [-0.4, -0.2) is 93.1 Å². The number of H-pyrrole nitrogens is 2. The number of methoxy groups -OCH3 is 2. The van der Waals surface area contributed by atoms with Crippen LogP contribution in [0.2, 0.25) is 0 Å². The minimum Gasteiger partial charge on any atom is -0.453 e. The summed E-state index contributed by atoms with van der Waals surface area (Å²) in [5, 5.41) is 15.5. The Morgan fingerprint density at radius 1 is 0.732 bits per heavy atom. The summed E-state index contributed by atoms with van der Waals surface area (Å²) >= 11 is 0. The topological polar surface area (TPSA) is 198 Å². The lowest BCUT2D eigenvalue weighted by Crippen LogP contribution is -2.51. The second-order valence-electron chi connectivity index (χ2n) is 14.9. The fourth-order valence-electron chi connectivity index (χ4n) is 7.58. The number of amides is 4. The zero-order chi connectivity index (χ0) is 40.1. The van der Waals surface area contributed by atoms with Crippen LogP contribution in [0.15, 0.2) is 54.9 Å². The first kappa shape index (κ1) is 39.5. The molecule has 4 N–H and O–H groups in total. The van der Waals surface area contributed by atoms with Crippen LogP contribution in [-0.2, 0) is 19.1 Å². The van der Waals surface area contributed by atoms with E-state index in [1.807, 2.05) is 70.2 Å². The first-order valence-electron chi connectivity index (χ1n) is 19.0. The number of rotatable bonds is 11. The lowest BCUT2D eigenvalue weighted by Gasteiger charge is -2.30. The highest BCUT2D eigenvalue weighted by atomic mass is 16.5. The van der Waals surface area contributed by atoms with Gasteiger partial charge < -0.3 is 39.9 Å². The van der Waals surface area contributed by atoms with Crippen LogP contribution < -0.4 is 10.6 Å². The Morgan fingerprint density at radius 2 is 1.18 bits per heavy atom. The van der Waals surface area contributed by atoms with Gasteiger partial charge in [0, 0.05) is 18.7 Å². The van der Waals surface area contributed by atoms with Gasteiger partial charge in [-0.3, -0.25) is 9.59 Å². The van der Waals surface area contributed by atoms with E-state index < -0.39 is 24.3 Å². The minimum atomic E-state index is -0.726. The lowest BCUT2D eigenvalue weighted by molar-refractivity contribution is -0.136. The van der Waals surface area contributed by atoms with Gasteiger partial charge in [0.2, 0.25) is 11.8 Å². The Balaban J connectivity index is 1.15. The first-order chi connectivity index (χ1) is 26.9. The summed E-state index contributed by atoms with van der Waals surface area (Å²) in [5.74, 6) is 0.721. The number of nitrogens with one attached hydrogen (secondary N) is 4. The van der Waals surface area contributed by atoms with Crippen molar-refractivity contribution in [3.05, 3.63) is 72.1 Å². The summed E-state index contributed by atoms with van der Waals surface area (Å²) in [6.45, 7) is 8.64. The number of imidazole rings is 2. The Kier molecular flexibility index (Phi) is 12.1. The van der Waals surface area contributed by atoms with Gasteiger partial charge in [-0.05, 0) is 60.3 Å². The monoisotopic (exact) mass is 763 g/mol. The highest BCUT2D eigenvalue weighted by Crippen LogP contribution is 2.36. The largest absolute Gasteiger partial charge is 0.453 e. The standard InChI is InChI=1S/C41H49N9O6/c1-23(2)34(47-40(53)55-5)38(51)49-17-7-9-32(49)36-43-21-30(45-36)26-13-11-25(12-14-26)29-16-15-27(19-28(29)20-42)31-22-44-37(46-31)33-10-8-18-50(33)39(52)35(24(3)4)48-41(54)56-6/h11-16,19,21-24,32-35H,7-10,17-18H2,1-6H3,(H,43,45)(H,44,46)(H,47,53)(H,48,54)/t32-,33-,34-,35-/m0/s1. The van der Waals surface area contributed by atoms with Crippen LogP contribution in [0.4, 0.5) is 9.59 Å². The molecule has 0 saturated carbocycles. The predicted octanol–water partition coefficient (Wildman–Crippen LogP) is 6.09. The number of nitriles is 1. The number of aromatic nitrogens is 4. The van der Waals surface area contributed by atoms with Crippen molar-refractivity contribution in [1.29, 1.82) is 5.26 Å². The van der Waals surface area contributed by atoms with Crippen LogP contribution in [0.25, 0.3) is 33.6 Å². The van der Waals surface area contributed by atoms with E-state index in [2.05, 4.69) is 36.6 Å². The zero-order valence-corrected chi connectivity index (χ0v) is 32.6. The highest BCUT2D eigenvalue weighted by molar-refractivity contribution is 5.87. The second kappa shape index (κ2) is 17.1. The molecular formula is C41H49N9O6. The fraction of sp³-hybridized carbons (Fsp3) is 0.439. The molecule has 2 aromatic carbocycles. The molecule has 4 amide bonds. The van der Waals surface area contributed by atoms with E-state index in [0.29, 0.717) is 30.3 Å². The molecule has 0 radical (unpaired) electrons. The summed E-state index contributed by atoms with van der Waals surface area (Å²) in [6, 6.07) is 13.9. The normalized spacial score (nSPS) is 17.8.